The van der Waals surface area contributed by atoms with Crippen LogP contribution < -0.4 is 5.73 Å². The smallest absolute Gasteiger partial charge is 0.0227 e. The van der Waals surface area contributed by atoms with Gasteiger partial charge in [-0.05, 0) is 30.8 Å². The molecule has 2 nitrogen and oxygen atoms in total. The van der Waals surface area contributed by atoms with Crippen molar-refractivity contribution in [2.75, 3.05) is 0 Å². The van der Waals surface area contributed by atoms with Gasteiger partial charge in [0, 0.05) is 13.3 Å². The molecule has 1 unspecified atom stereocenters. The predicted octanol–water partition coefficient (Wildman–Crippen LogP) is 2.94. The number of nitrogens with two attached hydrogens (primary N) is 1. The molecule has 0 aromatic rings. The van der Waals surface area contributed by atoms with Crippen molar-refractivity contribution in [3.05, 3.63) is 11.3 Å². The van der Waals surface area contributed by atoms with Crippen LogP contribution in [0.5, 0.6) is 0 Å². The number of hydrogen-bond acceptors (Lipinski definition) is 2. The summed E-state index contributed by atoms with van der Waals surface area (Å²) in [4.78, 5) is 0. The Kier molecular flexibility index (Phi) is 5.43. The van der Waals surface area contributed by atoms with E-state index in [1.807, 2.05) is 13.8 Å². The zero-order valence-corrected chi connectivity index (χ0v) is 8.35. The highest BCUT2D eigenvalue weighted by molar-refractivity contribution is 5.77. The zero-order chi connectivity index (χ0) is 9.56. The van der Waals surface area contributed by atoms with E-state index in [1.165, 1.54) is 12.6 Å². The van der Waals surface area contributed by atoms with Crippen LogP contribution in [0.1, 0.15) is 41.5 Å². The molecule has 1 aliphatic carbocycles. The molecule has 0 heterocycles. The lowest BCUT2D eigenvalue weighted by molar-refractivity contribution is 0.504. The molecule has 12 heavy (non-hydrogen) atoms. The molecular weight excluding hydrogens is 148 g/mol. The molecule has 72 valence electrons. The third-order valence-electron chi connectivity index (χ3n) is 2.06. The lowest BCUT2D eigenvalue weighted by Crippen LogP contribution is -2.13. The molecule has 1 atom stereocenters. The summed E-state index contributed by atoms with van der Waals surface area (Å²) in [6.45, 7) is 6.20. The number of rotatable bonds is 1. The minimum atomic E-state index is 0. The second kappa shape index (κ2) is 5.81. The SMILES string of the molecule is CC.CC1CCC(N)=C(C=N)C1.[HH]. The second-order valence-electron chi connectivity index (χ2n) is 3.04. The number of hydrogen-bond donors (Lipinski definition) is 2. The molecule has 0 bridgehead atoms. The van der Waals surface area contributed by atoms with E-state index in [1.54, 1.807) is 0 Å². The minimum absolute atomic E-state index is 0. The largest absolute Gasteiger partial charge is 0.402 e. The van der Waals surface area contributed by atoms with Crippen LogP contribution in [0.2, 0.25) is 0 Å². The van der Waals surface area contributed by atoms with E-state index >= 15 is 0 Å². The maximum atomic E-state index is 7.05. The summed E-state index contributed by atoms with van der Waals surface area (Å²) in [6, 6.07) is 0. The third kappa shape index (κ3) is 3.07. The van der Waals surface area contributed by atoms with Crippen LogP contribution in [0.3, 0.4) is 0 Å². The summed E-state index contributed by atoms with van der Waals surface area (Å²) < 4.78 is 0. The van der Waals surface area contributed by atoms with Crippen molar-refractivity contribution < 1.29 is 1.43 Å². The summed E-state index contributed by atoms with van der Waals surface area (Å²) >= 11 is 0. The van der Waals surface area contributed by atoms with E-state index in [0.29, 0.717) is 5.92 Å². The van der Waals surface area contributed by atoms with Crippen LogP contribution >= 0.6 is 0 Å². The van der Waals surface area contributed by atoms with Crippen molar-refractivity contribution in [3.8, 4) is 0 Å². The molecule has 0 amide bonds. The van der Waals surface area contributed by atoms with Gasteiger partial charge in [-0.3, -0.25) is 0 Å². The molecule has 0 spiro atoms. The van der Waals surface area contributed by atoms with Gasteiger partial charge in [-0.15, -0.1) is 0 Å². The van der Waals surface area contributed by atoms with E-state index in [0.717, 1.165) is 24.1 Å². The average molecular weight is 170 g/mol. The van der Waals surface area contributed by atoms with Crippen LogP contribution in [0.4, 0.5) is 0 Å². The van der Waals surface area contributed by atoms with Gasteiger partial charge >= 0.3 is 0 Å². The average Bonchev–Trinajstić information content (AvgIpc) is 2.13. The molecule has 0 aromatic heterocycles. The van der Waals surface area contributed by atoms with Gasteiger partial charge in [0.05, 0.1) is 0 Å². The summed E-state index contributed by atoms with van der Waals surface area (Å²) in [5, 5.41) is 7.05. The molecular formula is C10H22N2. The first-order valence-corrected chi connectivity index (χ1v) is 4.72. The fourth-order valence-corrected chi connectivity index (χ4v) is 1.32. The molecule has 0 radical (unpaired) electrons. The standard InChI is InChI=1S/C8H14N2.C2H6.H2/c1-6-2-3-8(10)7(4-6)5-9;1-2;/h5-6,9H,2-4,10H2,1H3;1-2H3;1H. The summed E-state index contributed by atoms with van der Waals surface area (Å²) in [6.07, 6.45) is 4.55. The summed E-state index contributed by atoms with van der Waals surface area (Å²) in [5.74, 6) is 0.712. The molecule has 1 rings (SSSR count). The molecule has 1 aliphatic rings. The first-order chi connectivity index (χ1) is 5.74. The normalized spacial score (nSPS) is 22.8. The quantitative estimate of drug-likeness (QED) is 0.584. The Morgan fingerprint density at radius 1 is 1.58 bits per heavy atom. The van der Waals surface area contributed by atoms with Gasteiger partial charge < -0.3 is 11.1 Å². The van der Waals surface area contributed by atoms with E-state index < -0.39 is 0 Å². The van der Waals surface area contributed by atoms with Crippen molar-refractivity contribution in [1.82, 2.24) is 0 Å². The molecule has 3 N–H and O–H groups in total. The molecule has 0 aromatic carbocycles. The Morgan fingerprint density at radius 2 is 2.17 bits per heavy atom. The van der Waals surface area contributed by atoms with Gasteiger partial charge in [0.25, 0.3) is 0 Å². The molecule has 0 saturated heterocycles. The van der Waals surface area contributed by atoms with Gasteiger partial charge in [-0.2, -0.15) is 0 Å². The van der Waals surface area contributed by atoms with E-state index in [2.05, 4.69) is 6.92 Å². The zero-order valence-electron chi connectivity index (χ0n) is 8.35. The first kappa shape index (κ1) is 11.2. The predicted molar refractivity (Wildman–Crippen MR) is 56.5 cm³/mol. The van der Waals surface area contributed by atoms with Crippen LogP contribution in [-0.2, 0) is 0 Å². The summed E-state index contributed by atoms with van der Waals surface area (Å²) in [5.41, 5.74) is 7.64. The fourth-order valence-electron chi connectivity index (χ4n) is 1.32. The Balaban J connectivity index is 0. The van der Waals surface area contributed by atoms with Crippen LogP contribution in [0, 0.1) is 11.3 Å². The van der Waals surface area contributed by atoms with E-state index in [4.69, 9.17) is 11.1 Å². The highest BCUT2D eigenvalue weighted by Gasteiger charge is 2.13. The van der Waals surface area contributed by atoms with Crippen LogP contribution in [0.15, 0.2) is 11.3 Å². The van der Waals surface area contributed by atoms with Crippen molar-refractivity contribution in [3.63, 3.8) is 0 Å². The van der Waals surface area contributed by atoms with Gasteiger partial charge in [0.2, 0.25) is 0 Å². The topological polar surface area (TPSA) is 49.9 Å². The lowest BCUT2D eigenvalue weighted by Gasteiger charge is -2.19. The maximum Gasteiger partial charge on any atom is 0.0227 e. The number of nitrogens with one attached hydrogen (secondary N) is 1. The van der Waals surface area contributed by atoms with Crippen molar-refractivity contribution in [2.45, 2.75) is 40.0 Å². The summed E-state index contributed by atoms with van der Waals surface area (Å²) in [7, 11) is 0. The first-order valence-electron chi connectivity index (χ1n) is 4.72. The Bertz CT molecular complexity index is 176. The highest BCUT2D eigenvalue weighted by atomic mass is 14.6. The van der Waals surface area contributed by atoms with Gasteiger partial charge in [0.15, 0.2) is 0 Å². The lowest BCUT2D eigenvalue weighted by atomic mass is 9.89. The Labute approximate surface area is 76.8 Å². The van der Waals surface area contributed by atoms with E-state index in [-0.39, 0.29) is 1.43 Å². The van der Waals surface area contributed by atoms with E-state index in [9.17, 15) is 0 Å². The van der Waals surface area contributed by atoms with Crippen molar-refractivity contribution in [2.24, 2.45) is 11.7 Å². The molecule has 0 aliphatic heterocycles. The third-order valence-corrected chi connectivity index (χ3v) is 2.06. The minimum Gasteiger partial charge on any atom is -0.402 e. The Morgan fingerprint density at radius 3 is 2.58 bits per heavy atom. The molecule has 2 heteroatoms. The monoisotopic (exact) mass is 170 g/mol. The Hall–Kier alpha value is -0.790. The molecule has 0 fully saturated rings. The van der Waals surface area contributed by atoms with Crippen LogP contribution in [-0.4, -0.2) is 6.21 Å². The second-order valence-corrected chi connectivity index (χ2v) is 3.04. The van der Waals surface area contributed by atoms with Crippen molar-refractivity contribution in [1.29, 1.82) is 5.41 Å². The highest BCUT2D eigenvalue weighted by Crippen LogP contribution is 2.24. The van der Waals surface area contributed by atoms with Gasteiger partial charge in [-0.1, -0.05) is 20.8 Å². The van der Waals surface area contributed by atoms with Gasteiger partial charge in [-0.25, -0.2) is 0 Å². The molecule has 0 saturated carbocycles. The van der Waals surface area contributed by atoms with Gasteiger partial charge in [0.1, 0.15) is 0 Å². The van der Waals surface area contributed by atoms with Crippen molar-refractivity contribution >= 4 is 6.21 Å². The fraction of sp³-hybridized carbons (Fsp3) is 0.700. The maximum absolute atomic E-state index is 7.05. The van der Waals surface area contributed by atoms with Crippen LogP contribution in [0.25, 0.3) is 0 Å². The number of allylic oxidation sites excluding steroid dienone is 2.